The van der Waals surface area contributed by atoms with Crippen LogP contribution in [0.25, 0.3) is 0 Å². The number of rotatable bonds is 7. The topological polar surface area (TPSA) is 81.5 Å². The molecule has 1 N–H and O–H groups in total. The number of carbonyl (C=O) groups is 1. The molecule has 2 aromatic rings. The van der Waals surface area contributed by atoms with E-state index in [1.807, 2.05) is 0 Å². The first-order valence-electron chi connectivity index (χ1n) is 7.39. The fourth-order valence-electron chi connectivity index (χ4n) is 2.12. The number of carbonyl (C=O) groups excluding carboxylic acids is 1. The van der Waals surface area contributed by atoms with Gasteiger partial charge < -0.3 is 10.1 Å². The van der Waals surface area contributed by atoms with Crippen LogP contribution in [0.3, 0.4) is 0 Å². The maximum Gasteiger partial charge on any atom is 0.272 e. The predicted molar refractivity (Wildman–Crippen MR) is 86.7 cm³/mol. The number of hydrogen-bond acceptors (Lipinski definition) is 4. The summed E-state index contributed by atoms with van der Waals surface area (Å²) < 4.78 is 18.6. The van der Waals surface area contributed by atoms with Gasteiger partial charge in [-0.1, -0.05) is 12.1 Å². The van der Waals surface area contributed by atoms with E-state index >= 15 is 0 Å². The van der Waals surface area contributed by atoms with E-state index < -0.39 is 10.7 Å². The maximum atomic E-state index is 13.3. The van der Waals surface area contributed by atoms with Crippen molar-refractivity contribution in [1.29, 1.82) is 0 Å². The number of para-hydroxylation sites is 1. The number of hydrogen-bond donors (Lipinski definition) is 1. The van der Waals surface area contributed by atoms with Crippen LogP contribution in [-0.4, -0.2) is 24.0 Å². The van der Waals surface area contributed by atoms with Crippen LogP contribution in [0.1, 0.15) is 22.3 Å². The standard InChI is InChI=1S/C17H17FN2O4/c1-12-11-13(7-8-15(12)20(22)23)17(21)19-9-4-10-24-16-6-3-2-5-14(16)18/h2-3,5-8,11H,4,9-10H2,1H3,(H,19,21). The van der Waals surface area contributed by atoms with Gasteiger partial charge in [-0.05, 0) is 37.6 Å². The first kappa shape index (κ1) is 17.4. The highest BCUT2D eigenvalue weighted by Gasteiger charge is 2.13. The van der Waals surface area contributed by atoms with Crippen LogP contribution in [0, 0.1) is 22.9 Å². The minimum Gasteiger partial charge on any atom is -0.490 e. The zero-order valence-corrected chi connectivity index (χ0v) is 13.1. The van der Waals surface area contributed by atoms with Crippen molar-refractivity contribution < 1.29 is 18.8 Å². The highest BCUT2D eigenvalue weighted by Crippen LogP contribution is 2.18. The third-order valence-electron chi connectivity index (χ3n) is 3.36. The van der Waals surface area contributed by atoms with Crippen molar-refractivity contribution in [2.75, 3.05) is 13.2 Å². The monoisotopic (exact) mass is 332 g/mol. The molecule has 0 bridgehead atoms. The normalized spacial score (nSPS) is 10.2. The first-order valence-corrected chi connectivity index (χ1v) is 7.39. The fourth-order valence-corrected chi connectivity index (χ4v) is 2.12. The van der Waals surface area contributed by atoms with Gasteiger partial charge in [0.2, 0.25) is 0 Å². The van der Waals surface area contributed by atoms with E-state index in [1.54, 1.807) is 19.1 Å². The smallest absolute Gasteiger partial charge is 0.272 e. The second-order valence-corrected chi connectivity index (χ2v) is 5.15. The molecule has 0 heterocycles. The molecular formula is C17H17FN2O4. The van der Waals surface area contributed by atoms with Gasteiger partial charge in [0.15, 0.2) is 11.6 Å². The lowest BCUT2D eigenvalue weighted by Crippen LogP contribution is -2.25. The zero-order chi connectivity index (χ0) is 17.5. The molecule has 6 nitrogen and oxygen atoms in total. The molecule has 0 saturated carbocycles. The van der Waals surface area contributed by atoms with E-state index in [4.69, 9.17) is 4.74 Å². The largest absolute Gasteiger partial charge is 0.490 e. The summed E-state index contributed by atoms with van der Waals surface area (Å²) >= 11 is 0. The predicted octanol–water partition coefficient (Wildman–Crippen LogP) is 3.24. The van der Waals surface area contributed by atoms with Crippen LogP contribution in [0.2, 0.25) is 0 Å². The maximum absolute atomic E-state index is 13.3. The third-order valence-corrected chi connectivity index (χ3v) is 3.36. The number of aryl methyl sites for hydroxylation is 1. The minimum atomic E-state index is -0.489. The van der Waals surface area contributed by atoms with Gasteiger partial charge in [0, 0.05) is 23.7 Å². The van der Waals surface area contributed by atoms with Crippen LogP contribution >= 0.6 is 0 Å². The lowest BCUT2D eigenvalue weighted by Gasteiger charge is -2.08. The van der Waals surface area contributed by atoms with Crippen molar-refractivity contribution in [2.45, 2.75) is 13.3 Å². The summed E-state index contributed by atoms with van der Waals surface area (Å²) in [6.45, 7) is 2.20. The SMILES string of the molecule is Cc1cc(C(=O)NCCCOc2ccccc2F)ccc1[N+](=O)[O-]. The van der Waals surface area contributed by atoms with Crippen molar-refractivity contribution in [3.8, 4) is 5.75 Å². The Morgan fingerprint density at radius 3 is 2.71 bits per heavy atom. The average Bonchev–Trinajstić information content (AvgIpc) is 2.55. The molecule has 2 rings (SSSR count). The summed E-state index contributed by atoms with van der Waals surface area (Å²) in [7, 11) is 0. The molecule has 0 radical (unpaired) electrons. The van der Waals surface area contributed by atoms with Gasteiger partial charge in [-0.25, -0.2) is 4.39 Å². The fraction of sp³-hybridized carbons (Fsp3) is 0.235. The molecule has 0 atom stereocenters. The second-order valence-electron chi connectivity index (χ2n) is 5.15. The van der Waals surface area contributed by atoms with Crippen molar-refractivity contribution in [2.24, 2.45) is 0 Å². The van der Waals surface area contributed by atoms with Gasteiger partial charge in [0.05, 0.1) is 11.5 Å². The average molecular weight is 332 g/mol. The number of nitrogens with one attached hydrogen (secondary N) is 1. The molecule has 0 aliphatic heterocycles. The van der Waals surface area contributed by atoms with Crippen LogP contribution in [0.4, 0.5) is 10.1 Å². The highest BCUT2D eigenvalue weighted by atomic mass is 19.1. The molecule has 1 amide bonds. The van der Waals surface area contributed by atoms with E-state index in [9.17, 15) is 19.3 Å². The molecule has 0 fully saturated rings. The van der Waals surface area contributed by atoms with E-state index in [1.165, 1.54) is 30.3 Å². The second kappa shape index (κ2) is 8.05. The van der Waals surface area contributed by atoms with Crippen LogP contribution in [0.5, 0.6) is 5.75 Å². The Balaban J connectivity index is 1.78. The molecule has 2 aromatic carbocycles. The van der Waals surface area contributed by atoms with Crippen molar-refractivity contribution >= 4 is 11.6 Å². The Hall–Kier alpha value is -2.96. The number of amides is 1. The van der Waals surface area contributed by atoms with Gasteiger partial charge in [0.1, 0.15) is 0 Å². The van der Waals surface area contributed by atoms with Gasteiger partial charge in [0.25, 0.3) is 11.6 Å². The number of halogens is 1. The third kappa shape index (κ3) is 4.52. The van der Waals surface area contributed by atoms with Crippen molar-refractivity contribution in [3.63, 3.8) is 0 Å². The number of ether oxygens (including phenoxy) is 1. The summed E-state index contributed by atoms with van der Waals surface area (Å²) in [5.74, 6) is -0.573. The molecule has 0 aromatic heterocycles. The summed E-state index contributed by atoms with van der Waals surface area (Å²) in [6.07, 6.45) is 0.506. The van der Waals surface area contributed by atoms with E-state index in [-0.39, 0.29) is 24.0 Å². The first-order chi connectivity index (χ1) is 11.5. The molecule has 24 heavy (non-hydrogen) atoms. The number of nitro groups is 1. The lowest BCUT2D eigenvalue weighted by molar-refractivity contribution is -0.385. The molecule has 0 saturated heterocycles. The quantitative estimate of drug-likeness (QED) is 0.479. The Labute approximate surface area is 138 Å². The Morgan fingerprint density at radius 1 is 1.29 bits per heavy atom. The van der Waals surface area contributed by atoms with Crippen LogP contribution < -0.4 is 10.1 Å². The van der Waals surface area contributed by atoms with E-state index in [2.05, 4.69) is 5.32 Å². The molecule has 0 unspecified atom stereocenters. The molecule has 0 aliphatic carbocycles. The van der Waals surface area contributed by atoms with Crippen molar-refractivity contribution in [1.82, 2.24) is 5.32 Å². The van der Waals surface area contributed by atoms with Gasteiger partial charge in [-0.2, -0.15) is 0 Å². The van der Waals surface area contributed by atoms with Gasteiger partial charge in [-0.3, -0.25) is 14.9 Å². The number of nitrogens with zero attached hydrogens (tertiary/aromatic N) is 1. The lowest BCUT2D eigenvalue weighted by atomic mass is 10.1. The zero-order valence-electron chi connectivity index (χ0n) is 13.1. The summed E-state index contributed by atoms with van der Waals surface area (Å²) in [6, 6.07) is 10.3. The Kier molecular flexibility index (Phi) is 5.83. The van der Waals surface area contributed by atoms with E-state index in [0.717, 1.165) is 0 Å². The summed E-state index contributed by atoms with van der Waals surface area (Å²) in [4.78, 5) is 22.2. The number of nitro benzene ring substituents is 1. The Bertz CT molecular complexity index is 749. The molecule has 0 spiro atoms. The summed E-state index contributed by atoms with van der Waals surface area (Å²) in [5.41, 5.74) is 0.758. The molecular weight excluding hydrogens is 315 g/mol. The van der Waals surface area contributed by atoms with Crippen molar-refractivity contribution in [3.05, 3.63) is 69.5 Å². The molecule has 126 valence electrons. The van der Waals surface area contributed by atoms with Crippen LogP contribution in [0.15, 0.2) is 42.5 Å². The number of benzene rings is 2. The van der Waals surface area contributed by atoms with Gasteiger partial charge in [-0.15, -0.1) is 0 Å². The molecule has 0 aliphatic rings. The van der Waals surface area contributed by atoms with Gasteiger partial charge >= 0.3 is 0 Å². The van der Waals surface area contributed by atoms with E-state index in [0.29, 0.717) is 24.1 Å². The highest BCUT2D eigenvalue weighted by molar-refractivity contribution is 5.94. The minimum absolute atomic E-state index is 0.0233. The Morgan fingerprint density at radius 2 is 2.04 bits per heavy atom. The van der Waals surface area contributed by atoms with Crippen LogP contribution in [-0.2, 0) is 0 Å². The molecule has 7 heteroatoms. The summed E-state index contributed by atoms with van der Waals surface area (Å²) in [5, 5.41) is 13.4.